The number of aromatic amines is 1. The summed E-state index contributed by atoms with van der Waals surface area (Å²) in [5.41, 5.74) is 2.38. The van der Waals surface area contributed by atoms with Crippen molar-refractivity contribution in [2.75, 3.05) is 19.6 Å². The molecule has 0 spiro atoms. The van der Waals surface area contributed by atoms with Crippen LogP contribution in [-0.4, -0.2) is 40.2 Å². The number of hydrogen-bond donors (Lipinski definition) is 1. The van der Waals surface area contributed by atoms with Gasteiger partial charge in [0.1, 0.15) is 6.10 Å². The summed E-state index contributed by atoms with van der Waals surface area (Å²) in [6.07, 6.45) is 2.81. The molecule has 0 unspecified atom stereocenters. The molecule has 180 valence electrons. The molecule has 1 aliphatic rings. The first-order valence-corrected chi connectivity index (χ1v) is 12.4. The maximum atomic E-state index is 12.7. The summed E-state index contributed by atoms with van der Waals surface area (Å²) in [6.45, 7) is 3.17. The van der Waals surface area contributed by atoms with Crippen LogP contribution in [0.4, 0.5) is 0 Å². The van der Waals surface area contributed by atoms with Crippen molar-refractivity contribution < 1.29 is 4.74 Å². The third kappa shape index (κ3) is 5.45. The topological polar surface area (TPSA) is 67.3 Å². The maximum absolute atomic E-state index is 12.7. The summed E-state index contributed by atoms with van der Waals surface area (Å²) >= 11 is 0. The number of piperidine rings is 1. The highest BCUT2D eigenvalue weighted by Gasteiger charge is 2.24. The van der Waals surface area contributed by atoms with Gasteiger partial charge in [0, 0.05) is 19.6 Å². The summed E-state index contributed by atoms with van der Waals surface area (Å²) in [4.78, 5) is 30.3. The highest BCUT2D eigenvalue weighted by molar-refractivity contribution is 5.76. The Hall–Kier alpha value is -3.48. The molecule has 6 heteroatoms. The molecule has 3 aromatic carbocycles. The Labute approximate surface area is 204 Å². The number of benzene rings is 3. The van der Waals surface area contributed by atoms with E-state index in [2.05, 4.69) is 58.4 Å². The molecular formula is C29H31N3O3. The molecule has 4 aromatic rings. The SMILES string of the molecule is O=c1[nH]c2ccccc2c(=O)n1CCCN1CCC(OC(c2ccccc2)c2ccccc2)CC1. The summed E-state index contributed by atoms with van der Waals surface area (Å²) in [6, 6.07) is 28.0. The number of rotatable bonds is 8. The molecule has 0 saturated carbocycles. The minimum atomic E-state index is -0.339. The van der Waals surface area contributed by atoms with Crippen LogP contribution in [0.25, 0.3) is 10.9 Å². The molecule has 1 N–H and O–H groups in total. The van der Waals surface area contributed by atoms with Crippen molar-refractivity contribution in [1.29, 1.82) is 0 Å². The summed E-state index contributed by atoms with van der Waals surface area (Å²) in [7, 11) is 0. The van der Waals surface area contributed by atoms with Gasteiger partial charge in [-0.15, -0.1) is 0 Å². The number of hydrogen-bond acceptors (Lipinski definition) is 4. The molecule has 2 heterocycles. The minimum Gasteiger partial charge on any atom is -0.365 e. The lowest BCUT2D eigenvalue weighted by Gasteiger charge is -2.34. The van der Waals surface area contributed by atoms with Gasteiger partial charge >= 0.3 is 5.69 Å². The first-order valence-electron chi connectivity index (χ1n) is 12.4. The van der Waals surface area contributed by atoms with E-state index in [1.54, 1.807) is 12.1 Å². The predicted octanol–water partition coefficient (Wildman–Crippen LogP) is 4.35. The van der Waals surface area contributed by atoms with Gasteiger partial charge in [0.25, 0.3) is 5.56 Å². The van der Waals surface area contributed by atoms with Crippen LogP contribution in [0.3, 0.4) is 0 Å². The van der Waals surface area contributed by atoms with Crippen LogP contribution in [0.2, 0.25) is 0 Å². The Morgan fingerprint density at radius 3 is 2.06 bits per heavy atom. The fourth-order valence-electron chi connectivity index (χ4n) is 4.92. The smallest absolute Gasteiger partial charge is 0.328 e. The van der Waals surface area contributed by atoms with E-state index in [1.807, 2.05) is 24.3 Å². The Kier molecular flexibility index (Phi) is 7.21. The van der Waals surface area contributed by atoms with Crippen LogP contribution >= 0.6 is 0 Å². The van der Waals surface area contributed by atoms with E-state index in [1.165, 1.54) is 15.7 Å². The monoisotopic (exact) mass is 469 g/mol. The van der Waals surface area contributed by atoms with Crippen LogP contribution in [0, 0.1) is 0 Å². The van der Waals surface area contributed by atoms with E-state index in [9.17, 15) is 9.59 Å². The molecule has 1 saturated heterocycles. The second-order valence-corrected chi connectivity index (χ2v) is 9.16. The molecule has 1 fully saturated rings. The fraction of sp³-hybridized carbons (Fsp3) is 0.310. The zero-order valence-corrected chi connectivity index (χ0v) is 19.8. The van der Waals surface area contributed by atoms with E-state index in [0.717, 1.165) is 38.9 Å². The average Bonchev–Trinajstić information content (AvgIpc) is 2.91. The molecule has 0 aliphatic carbocycles. The molecular weight excluding hydrogens is 438 g/mol. The molecule has 35 heavy (non-hydrogen) atoms. The zero-order valence-electron chi connectivity index (χ0n) is 19.8. The van der Waals surface area contributed by atoms with E-state index < -0.39 is 0 Å². The fourth-order valence-corrected chi connectivity index (χ4v) is 4.92. The highest BCUT2D eigenvalue weighted by Crippen LogP contribution is 2.30. The standard InChI is InChI=1S/C29H31N3O3/c33-28-25-14-7-8-15-26(25)30-29(34)32(28)19-9-18-31-20-16-24(17-21-31)35-27(22-10-3-1-4-11-22)23-12-5-2-6-13-23/h1-8,10-15,24,27H,9,16-21H2,(H,30,34). The van der Waals surface area contributed by atoms with Gasteiger partial charge in [0.05, 0.1) is 17.0 Å². The van der Waals surface area contributed by atoms with Gasteiger partial charge in [-0.3, -0.25) is 9.36 Å². The normalized spacial score (nSPS) is 15.1. The summed E-state index contributed by atoms with van der Waals surface area (Å²) < 4.78 is 7.96. The van der Waals surface area contributed by atoms with Gasteiger partial charge in [-0.1, -0.05) is 72.8 Å². The van der Waals surface area contributed by atoms with E-state index >= 15 is 0 Å². The quantitative estimate of drug-likeness (QED) is 0.417. The average molecular weight is 470 g/mol. The number of likely N-dealkylation sites (tertiary alicyclic amines) is 1. The lowest BCUT2D eigenvalue weighted by atomic mass is 10.00. The van der Waals surface area contributed by atoms with Gasteiger partial charge in [-0.05, 0) is 49.1 Å². The zero-order chi connectivity index (χ0) is 24.0. The van der Waals surface area contributed by atoms with Gasteiger partial charge < -0.3 is 14.6 Å². The Balaban J connectivity index is 1.16. The number of H-pyrrole nitrogens is 1. The van der Waals surface area contributed by atoms with Crippen LogP contribution < -0.4 is 11.2 Å². The lowest BCUT2D eigenvalue weighted by molar-refractivity contribution is -0.0271. The van der Waals surface area contributed by atoms with Gasteiger partial charge in [0.2, 0.25) is 0 Å². The van der Waals surface area contributed by atoms with Gasteiger partial charge in [-0.25, -0.2) is 4.79 Å². The number of nitrogens with zero attached hydrogens (tertiary/aromatic N) is 2. The van der Waals surface area contributed by atoms with Crippen molar-refractivity contribution in [1.82, 2.24) is 14.5 Å². The van der Waals surface area contributed by atoms with Crippen LogP contribution in [0.1, 0.15) is 36.5 Å². The van der Waals surface area contributed by atoms with Crippen molar-refractivity contribution in [3.63, 3.8) is 0 Å². The van der Waals surface area contributed by atoms with E-state index in [4.69, 9.17) is 4.74 Å². The predicted molar refractivity (Wildman–Crippen MR) is 139 cm³/mol. The van der Waals surface area contributed by atoms with Crippen molar-refractivity contribution >= 4 is 10.9 Å². The first-order chi connectivity index (χ1) is 17.2. The number of ether oxygens (including phenoxy) is 1. The molecule has 0 amide bonds. The molecule has 6 nitrogen and oxygen atoms in total. The first kappa shape index (κ1) is 23.3. The second-order valence-electron chi connectivity index (χ2n) is 9.16. The molecule has 0 bridgehead atoms. The molecule has 0 radical (unpaired) electrons. The number of para-hydroxylation sites is 1. The number of fused-ring (bicyclic) bond motifs is 1. The van der Waals surface area contributed by atoms with Crippen molar-refractivity contribution in [2.24, 2.45) is 0 Å². The van der Waals surface area contributed by atoms with Crippen LogP contribution in [0.15, 0.2) is 94.5 Å². The van der Waals surface area contributed by atoms with Crippen LogP contribution in [0.5, 0.6) is 0 Å². The molecule has 1 aliphatic heterocycles. The number of nitrogens with one attached hydrogen (secondary N) is 1. The summed E-state index contributed by atoms with van der Waals surface area (Å²) in [5, 5.41) is 0.552. The van der Waals surface area contributed by atoms with Crippen molar-refractivity contribution in [2.45, 2.75) is 38.0 Å². The van der Waals surface area contributed by atoms with Crippen molar-refractivity contribution in [3.05, 3.63) is 117 Å². The highest BCUT2D eigenvalue weighted by atomic mass is 16.5. The van der Waals surface area contributed by atoms with Crippen molar-refractivity contribution in [3.8, 4) is 0 Å². The van der Waals surface area contributed by atoms with E-state index in [-0.39, 0.29) is 23.5 Å². The Morgan fingerprint density at radius 1 is 0.800 bits per heavy atom. The van der Waals surface area contributed by atoms with E-state index in [0.29, 0.717) is 17.4 Å². The third-order valence-corrected chi connectivity index (χ3v) is 6.81. The van der Waals surface area contributed by atoms with Gasteiger partial charge in [-0.2, -0.15) is 0 Å². The van der Waals surface area contributed by atoms with Gasteiger partial charge in [0.15, 0.2) is 0 Å². The Bertz CT molecular complexity index is 1320. The largest absolute Gasteiger partial charge is 0.365 e. The second kappa shape index (κ2) is 10.8. The molecule has 5 rings (SSSR count). The summed E-state index contributed by atoms with van der Waals surface area (Å²) in [5.74, 6) is 0. The minimum absolute atomic E-state index is 0.0690. The number of aromatic nitrogens is 2. The Morgan fingerprint density at radius 2 is 1.40 bits per heavy atom. The van der Waals surface area contributed by atoms with Crippen LogP contribution in [-0.2, 0) is 11.3 Å². The lowest BCUT2D eigenvalue weighted by Crippen LogP contribution is -2.39. The third-order valence-electron chi connectivity index (χ3n) is 6.81. The molecule has 1 aromatic heterocycles. The molecule has 0 atom stereocenters. The maximum Gasteiger partial charge on any atom is 0.328 e.